The molecule has 0 aliphatic rings. The van der Waals surface area contributed by atoms with Crippen molar-refractivity contribution in [2.75, 3.05) is 11.9 Å². The molecule has 8 heteroatoms. The molecule has 0 aromatic carbocycles. The summed E-state index contributed by atoms with van der Waals surface area (Å²) in [6.07, 6.45) is 7.15. The van der Waals surface area contributed by atoms with Gasteiger partial charge in [0.2, 0.25) is 0 Å². The number of aromatic nitrogens is 6. The smallest absolute Gasteiger partial charge is 0.157 e. The Labute approximate surface area is 149 Å². The van der Waals surface area contributed by atoms with Crippen LogP contribution in [0.25, 0.3) is 22.2 Å². The van der Waals surface area contributed by atoms with Gasteiger partial charge in [-0.1, -0.05) is 0 Å². The number of anilines is 2. The largest absolute Gasteiger partial charge is 0.492 e. The number of nitrogens with zero attached hydrogens (tertiary/aromatic N) is 6. The second kappa shape index (κ2) is 6.75. The molecule has 4 aromatic heterocycles. The zero-order chi connectivity index (χ0) is 17.9. The molecule has 0 saturated heterocycles. The average Bonchev–Trinajstić information content (AvgIpc) is 3.08. The van der Waals surface area contributed by atoms with E-state index in [0.29, 0.717) is 24.0 Å². The number of hydrogen-bond donors (Lipinski definition) is 1. The Morgan fingerprint density at radius 1 is 1.04 bits per heavy atom. The maximum absolute atomic E-state index is 5.44. The molecule has 0 bridgehead atoms. The fourth-order valence-corrected chi connectivity index (χ4v) is 2.59. The van der Waals surface area contributed by atoms with E-state index in [0.717, 1.165) is 22.2 Å². The van der Waals surface area contributed by atoms with E-state index in [1.54, 1.807) is 23.1 Å². The molecule has 0 fully saturated rings. The van der Waals surface area contributed by atoms with Gasteiger partial charge in [0, 0.05) is 36.6 Å². The van der Waals surface area contributed by atoms with Crippen LogP contribution in [0.5, 0.6) is 5.75 Å². The van der Waals surface area contributed by atoms with Crippen LogP contribution in [0, 0.1) is 0 Å². The van der Waals surface area contributed by atoms with Crippen molar-refractivity contribution in [3.05, 3.63) is 49.1 Å². The Kier molecular flexibility index (Phi) is 4.14. The molecule has 4 heterocycles. The monoisotopic (exact) mass is 347 g/mol. The second-order valence-corrected chi connectivity index (χ2v) is 5.70. The summed E-state index contributed by atoms with van der Waals surface area (Å²) < 4.78 is 7.20. The lowest BCUT2D eigenvalue weighted by atomic mass is 10.1. The van der Waals surface area contributed by atoms with E-state index >= 15 is 0 Å². The molecule has 0 radical (unpaired) electrons. The quantitative estimate of drug-likeness (QED) is 0.593. The standard InChI is InChI=1S/C18H17N7O/c1-3-26-14-7-18(24-20-10-14)23-17-5-4-15-16(22-17)6-12(8-19-15)13-9-21-25(2)11-13/h4-11H,3H2,1-2H3,(H,22,23,24). The van der Waals surface area contributed by atoms with Gasteiger partial charge in [-0.15, -0.1) is 5.10 Å². The van der Waals surface area contributed by atoms with Crippen LogP contribution >= 0.6 is 0 Å². The summed E-state index contributed by atoms with van der Waals surface area (Å²) in [6, 6.07) is 7.55. The first-order chi connectivity index (χ1) is 12.7. The molecule has 130 valence electrons. The van der Waals surface area contributed by atoms with Gasteiger partial charge in [-0.25, -0.2) is 4.98 Å². The van der Waals surface area contributed by atoms with Gasteiger partial charge in [0.25, 0.3) is 0 Å². The van der Waals surface area contributed by atoms with E-state index in [4.69, 9.17) is 4.74 Å². The van der Waals surface area contributed by atoms with Crippen molar-refractivity contribution in [2.45, 2.75) is 6.92 Å². The number of aryl methyl sites for hydroxylation is 1. The van der Waals surface area contributed by atoms with Gasteiger partial charge >= 0.3 is 0 Å². The first-order valence-corrected chi connectivity index (χ1v) is 8.19. The number of nitrogens with one attached hydrogen (secondary N) is 1. The van der Waals surface area contributed by atoms with Crippen LogP contribution in [0.4, 0.5) is 11.6 Å². The predicted molar refractivity (Wildman–Crippen MR) is 98.2 cm³/mol. The van der Waals surface area contributed by atoms with Crippen LogP contribution in [0.2, 0.25) is 0 Å². The van der Waals surface area contributed by atoms with E-state index < -0.39 is 0 Å². The zero-order valence-electron chi connectivity index (χ0n) is 14.4. The number of ether oxygens (including phenoxy) is 1. The fraction of sp³-hybridized carbons (Fsp3) is 0.167. The van der Waals surface area contributed by atoms with Crippen molar-refractivity contribution < 1.29 is 4.74 Å². The van der Waals surface area contributed by atoms with Crippen molar-refractivity contribution in [3.63, 3.8) is 0 Å². The Morgan fingerprint density at radius 3 is 2.77 bits per heavy atom. The fourth-order valence-electron chi connectivity index (χ4n) is 2.59. The third-order valence-corrected chi connectivity index (χ3v) is 3.77. The predicted octanol–water partition coefficient (Wildman–Crippen LogP) is 2.96. The molecule has 0 atom stereocenters. The Hall–Kier alpha value is -3.55. The summed E-state index contributed by atoms with van der Waals surface area (Å²) in [6.45, 7) is 2.49. The maximum atomic E-state index is 5.44. The molecule has 0 amide bonds. The van der Waals surface area contributed by atoms with Gasteiger partial charge in [0.1, 0.15) is 11.6 Å². The highest BCUT2D eigenvalue weighted by molar-refractivity contribution is 5.81. The summed E-state index contributed by atoms with van der Waals surface area (Å²) in [5, 5.41) is 15.3. The highest BCUT2D eigenvalue weighted by atomic mass is 16.5. The summed E-state index contributed by atoms with van der Waals surface area (Å²) in [7, 11) is 1.88. The number of pyridine rings is 2. The molecule has 0 unspecified atom stereocenters. The van der Waals surface area contributed by atoms with Crippen LogP contribution in [-0.2, 0) is 7.05 Å². The lowest BCUT2D eigenvalue weighted by Crippen LogP contribution is -2.00. The molecule has 4 rings (SSSR count). The number of hydrogen-bond acceptors (Lipinski definition) is 7. The number of rotatable bonds is 5. The second-order valence-electron chi connectivity index (χ2n) is 5.70. The highest BCUT2D eigenvalue weighted by Gasteiger charge is 2.06. The number of fused-ring (bicyclic) bond motifs is 1. The van der Waals surface area contributed by atoms with Gasteiger partial charge in [-0.05, 0) is 25.1 Å². The summed E-state index contributed by atoms with van der Waals surface area (Å²) in [5.74, 6) is 1.89. The van der Waals surface area contributed by atoms with E-state index in [1.807, 2.05) is 44.6 Å². The SMILES string of the molecule is CCOc1cnnc(Nc2ccc3ncc(-c4cnn(C)c4)cc3n2)c1. The molecule has 0 saturated carbocycles. The third kappa shape index (κ3) is 3.30. The van der Waals surface area contributed by atoms with Gasteiger partial charge in [0.05, 0.1) is 30.0 Å². The summed E-state index contributed by atoms with van der Waals surface area (Å²) in [5.41, 5.74) is 3.56. The lowest BCUT2D eigenvalue weighted by Gasteiger charge is -2.07. The summed E-state index contributed by atoms with van der Waals surface area (Å²) in [4.78, 5) is 9.11. The third-order valence-electron chi connectivity index (χ3n) is 3.77. The van der Waals surface area contributed by atoms with E-state index in [9.17, 15) is 0 Å². The normalized spacial score (nSPS) is 10.8. The van der Waals surface area contributed by atoms with Crippen molar-refractivity contribution in [1.29, 1.82) is 0 Å². The van der Waals surface area contributed by atoms with Crippen molar-refractivity contribution in [2.24, 2.45) is 7.05 Å². The first kappa shape index (κ1) is 15.9. The van der Waals surface area contributed by atoms with Crippen LogP contribution in [-0.4, -0.2) is 36.6 Å². The van der Waals surface area contributed by atoms with Crippen LogP contribution in [0.1, 0.15) is 6.92 Å². The van der Waals surface area contributed by atoms with E-state index in [-0.39, 0.29) is 0 Å². The van der Waals surface area contributed by atoms with Crippen molar-refractivity contribution in [1.82, 2.24) is 29.9 Å². The van der Waals surface area contributed by atoms with Gasteiger partial charge in [0.15, 0.2) is 5.82 Å². The minimum absolute atomic E-state index is 0.569. The van der Waals surface area contributed by atoms with Gasteiger partial charge in [-0.3, -0.25) is 9.67 Å². The molecule has 0 spiro atoms. The molecular weight excluding hydrogens is 330 g/mol. The Bertz CT molecular complexity index is 1060. The van der Waals surface area contributed by atoms with Crippen molar-refractivity contribution in [3.8, 4) is 16.9 Å². The lowest BCUT2D eigenvalue weighted by molar-refractivity contribution is 0.338. The zero-order valence-corrected chi connectivity index (χ0v) is 14.4. The minimum atomic E-state index is 0.569. The van der Waals surface area contributed by atoms with Crippen LogP contribution in [0.15, 0.2) is 49.1 Å². The topological polar surface area (TPSA) is 90.6 Å². The Morgan fingerprint density at radius 2 is 1.96 bits per heavy atom. The molecule has 26 heavy (non-hydrogen) atoms. The molecule has 8 nitrogen and oxygen atoms in total. The molecular formula is C18H17N7O. The average molecular weight is 347 g/mol. The van der Waals surface area contributed by atoms with Gasteiger partial charge in [-0.2, -0.15) is 10.2 Å². The first-order valence-electron chi connectivity index (χ1n) is 8.19. The van der Waals surface area contributed by atoms with Crippen molar-refractivity contribution >= 4 is 22.7 Å². The highest BCUT2D eigenvalue weighted by Crippen LogP contribution is 2.23. The molecule has 0 aliphatic heterocycles. The van der Waals surface area contributed by atoms with E-state index in [2.05, 4.69) is 30.6 Å². The summed E-state index contributed by atoms with van der Waals surface area (Å²) >= 11 is 0. The van der Waals surface area contributed by atoms with Crippen LogP contribution < -0.4 is 10.1 Å². The Balaban J connectivity index is 1.65. The van der Waals surface area contributed by atoms with Crippen LogP contribution in [0.3, 0.4) is 0 Å². The maximum Gasteiger partial charge on any atom is 0.157 e. The molecule has 4 aromatic rings. The molecule has 1 N–H and O–H groups in total. The minimum Gasteiger partial charge on any atom is -0.492 e. The molecule has 0 aliphatic carbocycles. The van der Waals surface area contributed by atoms with Gasteiger partial charge < -0.3 is 10.1 Å². The van der Waals surface area contributed by atoms with E-state index in [1.165, 1.54) is 0 Å².